The predicted molar refractivity (Wildman–Crippen MR) is 74.8 cm³/mol. The average molecular weight is 312 g/mol. The Hall–Kier alpha value is -0.870. The fraction of sp³-hybridized carbons (Fsp3) is 0.500. The molecule has 0 saturated heterocycles. The van der Waals surface area contributed by atoms with Crippen molar-refractivity contribution < 1.29 is 9.90 Å². The van der Waals surface area contributed by atoms with Crippen molar-refractivity contribution in [3.63, 3.8) is 0 Å². The fourth-order valence-electron chi connectivity index (χ4n) is 2.28. The SMILES string of the molecule is CC1(CNCc2ccc(C(=O)O)cc2Br)CCC1. The Morgan fingerprint density at radius 1 is 1.50 bits per heavy atom. The minimum Gasteiger partial charge on any atom is -0.478 e. The molecule has 0 atom stereocenters. The molecule has 1 fully saturated rings. The molecule has 1 aliphatic rings. The summed E-state index contributed by atoms with van der Waals surface area (Å²) in [5, 5.41) is 12.3. The maximum absolute atomic E-state index is 10.8. The molecule has 0 radical (unpaired) electrons. The number of hydrogen-bond acceptors (Lipinski definition) is 2. The van der Waals surface area contributed by atoms with Crippen LogP contribution >= 0.6 is 15.9 Å². The van der Waals surface area contributed by atoms with Gasteiger partial charge in [0.2, 0.25) is 0 Å². The van der Waals surface area contributed by atoms with Crippen LogP contribution in [0.1, 0.15) is 42.1 Å². The van der Waals surface area contributed by atoms with E-state index in [0.717, 1.165) is 23.1 Å². The zero-order valence-corrected chi connectivity index (χ0v) is 12.1. The van der Waals surface area contributed by atoms with Gasteiger partial charge in [-0.2, -0.15) is 0 Å². The van der Waals surface area contributed by atoms with Crippen molar-refractivity contribution in [1.82, 2.24) is 5.32 Å². The zero-order chi connectivity index (χ0) is 13.2. The van der Waals surface area contributed by atoms with Crippen LogP contribution in [0.3, 0.4) is 0 Å². The van der Waals surface area contributed by atoms with E-state index in [2.05, 4.69) is 28.2 Å². The standard InChI is InChI=1S/C14H18BrNO2/c1-14(5-2-6-14)9-16-8-11-4-3-10(13(17)18)7-12(11)15/h3-4,7,16H,2,5-6,8-9H2,1H3,(H,17,18). The first-order valence-corrected chi connectivity index (χ1v) is 7.02. The lowest BCUT2D eigenvalue weighted by molar-refractivity contribution is 0.0697. The number of rotatable bonds is 5. The Morgan fingerprint density at radius 3 is 2.72 bits per heavy atom. The lowest BCUT2D eigenvalue weighted by atomic mass is 9.70. The number of halogens is 1. The highest BCUT2D eigenvalue weighted by molar-refractivity contribution is 9.10. The highest BCUT2D eigenvalue weighted by Gasteiger charge is 2.30. The number of carboxylic acid groups (broad SMARTS) is 1. The van der Waals surface area contributed by atoms with E-state index in [0.29, 0.717) is 11.0 Å². The van der Waals surface area contributed by atoms with Crippen LogP contribution in [0.5, 0.6) is 0 Å². The summed E-state index contributed by atoms with van der Waals surface area (Å²) in [6, 6.07) is 5.17. The summed E-state index contributed by atoms with van der Waals surface area (Å²) in [6.07, 6.45) is 3.95. The summed E-state index contributed by atoms with van der Waals surface area (Å²) >= 11 is 3.42. The van der Waals surface area contributed by atoms with Gasteiger partial charge in [-0.05, 0) is 36.0 Å². The summed E-state index contributed by atoms with van der Waals surface area (Å²) in [4.78, 5) is 10.8. The van der Waals surface area contributed by atoms with Gasteiger partial charge in [0.05, 0.1) is 5.56 Å². The van der Waals surface area contributed by atoms with E-state index in [1.165, 1.54) is 19.3 Å². The van der Waals surface area contributed by atoms with E-state index >= 15 is 0 Å². The Labute approximate surface area is 116 Å². The smallest absolute Gasteiger partial charge is 0.335 e. The van der Waals surface area contributed by atoms with Gasteiger partial charge < -0.3 is 10.4 Å². The molecule has 3 nitrogen and oxygen atoms in total. The van der Waals surface area contributed by atoms with Crippen molar-refractivity contribution in [2.45, 2.75) is 32.7 Å². The Balaban J connectivity index is 1.91. The molecule has 0 heterocycles. The number of benzene rings is 1. The molecule has 1 aromatic carbocycles. The third kappa shape index (κ3) is 3.12. The quantitative estimate of drug-likeness (QED) is 0.876. The molecule has 2 rings (SSSR count). The van der Waals surface area contributed by atoms with Crippen LogP contribution in [-0.4, -0.2) is 17.6 Å². The van der Waals surface area contributed by atoms with Crippen molar-refractivity contribution in [2.24, 2.45) is 5.41 Å². The summed E-state index contributed by atoms with van der Waals surface area (Å²) in [5.74, 6) is -0.891. The lowest BCUT2D eigenvalue weighted by Crippen LogP contribution is -2.37. The number of carboxylic acids is 1. The molecule has 0 bridgehead atoms. The van der Waals surface area contributed by atoms with Gasteiger partial charge in [0.1, 0.15) is 0 Å². The summed E-state index contributed by atoms with van der Waals surface area (Å²) < 4.78 is 0.855. The predicted octanol–water partition coefficient (Wildman–Crippen LogP) is 3.43. The van der Waals surface area contributed by atoms with Gasteiger partial charge in [0, 0.05) is 17.6 Å². The topological polar surface area (TPSA) is 49.3 Å². The largest absolute Gasteiger partial charge is 0.478 e. The third-order valence-corrected chi connectivity index (χ3v) is 4.47. The maximum Gasteiger partial charge on any atom is 0.335 e. The van der Waals surface area contributed by atoms with E-state index in [-0.39, 0.29) is 0 Å². The van der Waals surface area contributed by atoms with Crippen molar-refractivity contribution in [2.75, 3.05) is 6.54 Å². The highest BCUT2D eigenvalue weighted by atomic mass is 79.9. The molecule has 0 amide bonds. The van der Waals surface area contributed by atoms with Gasteiger partial charge in [0.25, 0.3) is 0 Å². The zero-order valence-electron chi connectivity index (χ0n) is 10.5. The van der Waals surface area contributed by atoms with Crippen molar-refractivity contribution >= 4 is 21.9 Å². The minimum atomic E-state index is -0.891. The monoisotopic (exact) mass is 311 g/mol. The Bertz CT molecular complexity index is 455. The van der Waals surface area contributed by atoms with Crippen LogP contribution in [0.4, 0.5) is 0 Å². The summed E-state index contributed by atoms with van der Waals surface area (Å²) in [6.45, 7) is 4.11. The molecule has 1 aliphatic carbocycles. The molecule has 18 heavy (non-hydrogen) atoms. The first-order chi connectivity index (χ1) is 8.50. The maximum atomic E-state index is 10.8. The van der Waals surface area contributed by atoms with E-state index < -0.39 is 5.97 Å². The molecule has 2 N–H and O–H groups in total. The van der Waals surface area contributed by atoms with Crippen LogP contribution in [0, 0.1) is 5.41 Å². The van der Waals surface area contributed by atoms with Gasteiger partial charge in [-0.25, -0.2) is 4.79 Å². The molecule has 0 unspecified atom stereocenters. The minimum absolute atomic E-state index is 0.316. The molecular weight excluding hydrogens is 294 g/mol. The molecule has 0 aromatic heterocycles. The molecule has 1 saturated carbocycles. The number of hydrogen-bond donors (Lipinski definition) is 2. The van der Waals surface area contributed by atoms with Crippen molar-refractivity contribution in [1.29, 1.82) is 0 Å². The van der Waals surface area contributed by atoms with Crippen LogP contribution in [-0.2, 0) is 6.54 Å². The number of nitrogens with one attached hydrogen (secondary N) is 1. The average Bonchev–Trinajstić information content (AvgIpc) is 2.28. The fourth-order valence-corrected chi connectivity index (χ4v) is 2.80. The van der Waals surface area contributed by atoms with Gasteiger partial charge in [-0.3, -0.25) is 0 Å². The van der Waals surface area contributed by atoms with Gasteiger partial charge >= 0.3 is 5.97 Å². The molecule has 0 aliphatic heterocycles. The Kier molecular flexibility index (Phi) is 4.07. The van der Waals surface area contributed by atoms with Gasteiger partial charge in [0.15, 0.2) is 0 Å². The molecule has 4 heteroatoms. The molecule has 98 valence electrons. The normalized spacial score (nSPS) is 17.2. The van der Waals surface area contributed by atoms with Crippen molar-refractivity contribution in [3.8, 4) is 0 Å². The van der Waals surface area contributed by atoms with E-state index in [1.807, 2.05) is 6.07 Å². The van der Waals surface area contributed by atoms with Crippen LogP contribution in [0.2, 0.25) is 0 Å². The summed E-state index contributed by atoms with van der Waals surface area (Å²) in [7, 11) is 0. The first-order valence-electron chi connectivity index (χ1n) is 6.23. The first kappa shape index (κ1) is 13.6. The second-order valence-electron chi connectivity index (χ2n) is 5.38. The second kappa shape index (κ2) is 5.41. The second-order valence-corrected chi connectivity index (χ2v) is 6.23. The number of aromatic carboxylic acids is 1. The van der Waals surface area contributed by atoms with Crippen LogP contribution in [0.25, 0.3) is 0 Å². The lowest BCUT2D eigenvalue weighted by Gasteiger charge is -2.38. The molecule has 0 spiro atoms. The van der Waals surface area contributed by atoms with Crippen LogP contribution in [0.15, 0.2) is 22.7 Å². The molecule has 1 aromatic rings. The van der Waals surface area contributed by atoms with Gasteiger partial charge in [-0.1, -0.05) is 35.3 Å². The van der Waals surface area contributed by atoms with Crippen LogP contribution < -0.4 is 5.32 Å². The molecular formula is C14H18BrNO2. The third-order valence-electron chi connectivity index (χ3n) is 3.73. The number of carbonyl (C=O) groups is 1. The Morgan fingerprint density at radius 2 is 2.22 bits per heavy atom. The van der Waals surface area contributed by atoms with Gasteiger partial charge in [-0.15, -0.1) is 0 Å². The van der Waals surface area contributed by atoms with E-state index in [9.17, 15) is 4.79 Å². The van der Waals surface area contributed by atoms with Crippen molar-refractivity contribution in [3.05, 3.63) is 33.8 Å². The highest BCUT2D eigenvalue weighted by Crippen LogP contribution is 2.39. The summed E-state index contributed by atoms with van der Waals surface area (Å²) in [5.41, 5.74) is 1.88. The van der Waals surface area contributed by atoms with E-state index in [4.69, 9.17) is 5.11 Å². The van der Waals surface area contributed by atoms with E-state index in [1.54, 1.807) is 12.1 Å².